The van der Waals surface area contributed by atoms with E-state index in [1.807, 2.05) is 0 Å². The summed E-state index contributed by atoms with van der Waals surface area (Å²) in [7, 11) is 0. The normalized spacial score (nSPS) is 10.3. The number of carboxylic acids is 1. The molecule has 0 aromatic carbocycles. The number of hydrogen-bond donors (Lipinski definition) is 1. The molecule has 1 N–H and O–H groups in total. The third-order valence-electron chi connectivity index (χ3n) is 0.359. The summed E-state index contributed by atoms with van der Waals surface area (Å²) < 4.78 is 35.7. The Morgan fingerprint density at radius 3 is 2.00 bits per heavy atom. The molecule has 0 aliphatic rings. The van der Waals surface area contributed by atoms with Crippen molar-refractivity contribution in [1.82, 2.24) is 0 Å². The van der Waals surface area contributed by atoms with Crippen LogP contribution in [0.2, 0.25) is 0 Å². The molecule has 0 aromatic heterocycles. The number of alkyl halides is 3. The van der Waals surface area contributed by atoms with E-state index in [0.29, 0.717) is 0 Å². The van der Waals surface area contributed by atoms with Gasteiger partial charge in [0.05, 0.1) is 0 Å². The van der Waals surface area contributed by atoms with Gasteiger partial charge in [-0.1, -0.05) is 0 Å². The Hall–Kier alpha value is 0.220. The minimum absolute atomic E-state index is 0. The van der Waals surface area contributed by atoms with Gasteiger partial charge in [0.1, 0.15) is 0 Å². The van der Waals surface area contributed by atoms with Gasteiger partial charge in [0, 0.05) is 0 Å². The molecule has 0 bridgehead atoms. The molecule has 56 valence electrons. The summed E-state index contributed by atoms with van der Waals surface area (Å²) in [6.45, 7) is -1.34. The van der Waals surface area contributed by atoms with E-state index >= 15 is 0 Å². The molecule has 0 aliphatic heterocycles. The van der Waals surface area contributed by atoms with E-state index < -0.39 is 18.9 Å². The minimum atomic E-state index is -4.85. The van der Waals surface area contributed by atoms with Crippen molar-refractivity contribution in [3.8, 4) is 0 Å². The predicted octanol–water partition coefficient (Wildman–Crippen LogP) is -0.0411. The first-order valence-corrected chi connectivity index (χ1v) is 1.84. The molecule has 0 amide bonds. The number of carbonyl (C=O) groups is 1. The van der Waals surface area contributed by atoms with E-state index in [1.54, 1.807) is 0 Å². The average molecular weight is 168 g/mol. The fraction of sp³-hybridized carbons (Fsp3) is 0.667. The first-order chi connectivity index (χ1) is 3.92. The van der Waals surface area contributed by atoms with Crippen molar-refractivity contribution < 1.29 is 27.8 Å². The van der Waals surface area contributed by atoms with Crippen LogP contribution in [0.15, 0.2) is 0 Å². The predicted molar refractivity (Wildman–Crippen MR) is 26.8 cm³/mol. The molecule has 0 rings (SSSR count). The van der Waals surface area contributed by atoms with Crippen LogP contribution in [0.25, 0.3) is 0 Å². The number of hydrogen-bond acceptors (Lipinski definition) is 2. The van der Waals surface area contributed by atoms with E-state index in [2.05, 4.69) is 4.74 Å². The van der Waals surface area contributed by atoms with Crippen molar-refractivity contribution in [1.29, 1.82) is 0 Å². The van der Waals surface area contributed by atoms with E-state index in [-0.39, 0.29) is 29.6 Å². The zero-order chi connectivity index (χ0) is 7.49. The van der Waals surface area contributed by atoms with Crippen molar-refractivity contribution in [3.63, 3.8) is 0 Å². The van der Waals surface area contributed by atoms with Gasteiger partial charge in [-0.15, -0.1) is 13.2 Å². The third-order valence-corrected chi connectivity index (χ3v) is 0.359. The van der Waals surface area contributed by atoms with E-state index in [4.69, 9.17) is 5.11 Å². The van der Waals surface area contributed by atoms with Gasteiger partial charge in [-0.25, -0.2) is 4.79 Å². The maximum absolute atomic E-state index is 10.9. The van der Waals surface area contributed by atoms with Gasteiger partial charge in [-0.3, -0.25) is 4.74 Å². The summed E-state index contributed by atoms with van der Waals surface area (Å²) in [6.07, 6.45) is -4.85. The van der Waals surface area contributed by atoms with Gasteiger partial charge < -0.3 is 5.11 Å². The molecule has 0 unspecified atom stereocenters. The summed E-state index contributed by atoms with van der Waals surface area (Å²) in [5, 5.41) is 7.65. The van der Waals surface area contributed by atoms with Crippen LogP contribution in [-0.4, -0.2) is 53.6 Å². The Morgan fingerprint density at radius 2 is 1.90 bits per heavy atom. The summed E-state index contributed by atoms with van der Waals surface area (Å²) in [5.74, 6) is -1.65. The van der Waals surface area contributed by atoms with Crippen molar-refractivity contribution >= 4 is 35.5 Å². The van der Waals surface area contributed by atoms with Crippen molar-refractivity contribution in [2.24, 2.45) is 0 Å². The second kappa shape index (κ2) is 4.95. The number of rotatable bonds is 2. The van der Waals surface area contributed by atoms with Crippen molar-refractivity contribution in [2.45, 2.75) is 6.36 Å². The summed E-state index contributed by atoms with van der Waals surface area (Å²) in [4.78, 5) is 9.42. The van der Waals surface area contributed by atoms with Gasteiger partial charge in [0.15, 0.2) is 6.61 Å². The summed E-state index contributed by atoms with van der Waals surface area (Å²) in [6, 6.07) is 0. The van der Waals surface area contributed by atoms with Crippen LogP contribution in [0.5, 0.6) is 0 Å². The number of halogens is 3. The van der Waals surface area contributed by atoms with Gasteiger partial charge in [-0.05, 0) is 0 Å². The molecule has 0 saturated carbocycles. The topological polar surface area (TPSA) is 46.5 Å². The Balaban J connectivity index is 0. The Bertz CT molecular complexity index is 112. The molecule has 0 radical (unpaired) electrons. The molecule has 0 heterocycles. The van der Waals surface area contributed by atoms with E-state index in [0.717, 1.165) is 0 Å². The third kappa shape index (κ3) is 11.1. The monoisotopic (exact) mass is 168 g/mol. The first-order valence-electron chi connectivity index (χ1n) is 1.84. The molecule has 0 fully saturated rings. The van der Waals surface area contributed by atoms with Crippen LogP contribution in [0.1, 0.15) is 0 Å². The van der Waals surface area contributed by atoms with Crippen LogP contribution >= 0.6 is 0 Å². The first kappa shape index (κ1) is 12.9. The quantitative estimate of drug-likeness (QED) is 0.588. The van der Waals surface area contributed by atoms with Gasteiger partial charge in [0.25, 0.3) is 0 Å². The molecule has 0 aromatic rings. The van der Waals surface area contributed by atoms with Crippen LogP contribution in [-0.2, 0) is 9.53 Å². The molecule has 7 heteroatoms. The molecule has 0 saturated heterocycles. The molecule has 0 aliphatic carbocycles. The van der Waals surface area contributed by atoms with Crippen molar-refractivity contribution in [2.75, 3.05) is 6.61 Å². The molecule has 0 spiro atoms. The summed E-state index contributed by atoms with van der Waals surface area (Å²) in [5.41, 5.74) is 0. The SMILES string of the molecule is O=C(O)COC(F)(F)F.[NaH]. The standard InChI is InChI=1S/C3H3F3O3.Na.H/c4-3(5,6)9-1-2(7)8;;/h1H2,(H,7,8);;. The molecule has 0 atom stereocenters. The Labute approximate surface area is 76.4 Å². The van der Waals surface area contributed by atoms with Crippen LogP contribution in [0.4, 0.5) is 13.2 Å². The van der Waals surface area contributed by atoms with Gasteiger partial charge >= 0.3 is 41.9 Å². The second-order valence-corrected chi connectivity index (χ2v) is 1.13. The van der Waals surface area contributed by atoms with Crippen LogP contribution in [0.3, 0.4) is 0 Å². The summed E-state index contributed by atoms with van der Waals surface area (Å²) >= 11 is 0. The van der Waals surface area contributed by atoms with E-state index in [1.165, 1.54) is 0 Å². The number of aliphatic carboxylic acids is 1. The van der Waals surface area contributed by atoms with Crippen LogP contribution in [0, 0.1) is 0 Å². The maximum atomic E-state index is 10.9. The van der Waals surface area contributed by atoms with Gasteiger partial charge in [0.2, 0.25) is 0 Å². The zero-order valence-corrected chi connectivity index (χ0v) is 4.10. The molecular formula is C3H4F3NaO3. The average Bonchev–Trinajstić information content (AvgIpc) is 1.59. The number of ether oxygens (including phenoxy) is 1. The molecule has 3 nitrogen and oxygen atoms in total. The Morgan fingerprint density at radius 1 is 1.50 bits per heavy atom. The Kier molecular flexibility index (Phi) is 6.36. The van der Waals surface area contributed by atoms with Crippen LogP contribution < -0.4 is 0 Å². The number of carboxylic acid groups (broad SMARTS) is 1. The molecule has 10 heavy (non-hydrogen) atoms. The van der Waals surface area contributed by atoms with E-state index in [9.17, 15) is 18.0 Å². The van der Waals surface area contributed by atoms with Crippen molar-refractivity contribution in [3.05, 3.63) is 0 Å². The fourth-order valence-corrected chi connectivity index (χ4v) is 0.144. The fourth-order valence-electron chi connectivity index (χ4n) is 0.144. The molecular weight excluding hydrogens is 164 g/mol. The zero-order valence-electron chi connectivity index (χ0n) is 4.10. The van der Waals surface area contributed by atoms with Gasteiger partial charge in [-0.2, -0.15) is 0 Å². The second-order valence-electron chi connectivity index (χ2n) is 1.13.